The Bertz CT molecular complexity index is 1210. The molecule has 0 atom stereocenters. The van der Waals surface area contributed by atoms with Crippen molar-refractivity contribution in [2.45, 2.75) is 23.8 Å². The summed E-state index contributed by atoms with van der Waals surface area (Å²) in [6, 6.07) is 15.7. The van der Waals surface area contributed by atoms with E-state index in [0.29, 0.717) is 17.4 Å². The highest BCUT2D eigenvalue weighted by Crippen LogP contribution is 2.30. The minimum absolute atomic E-state index is 0.143. The summed E-state index contributed by atoms with van der Waals surface area (Å²) in [5, 5.41) is 6.08. The molecule has 2 aromatic heterocycles. The van der Waals surface area contributed by atoms with E-state index in [0.717, 1.165) is 53.0 Å². The van der Waals surface area contributed by atoms with Gasteiger partial charge in [-0.1, -0.05) is 0 Å². The highest BCUT2D eigenvalue weighted by Gasteiger charge is 2.17. The maximum Gasteiger partial charge on any atom is 0.227 e. The molecular weight excluding hydrogens is 468 g/mol. The monoisotopic (exact) mass is 492 g/mol. The van der Waals surface area contributed by atoms with Crippen LogP contribution in [0.4, 0.5) is 22.5 Å². The normalized spacial score (nSPS) is 14.0. The summed E-state index contributed by atoms with van der Waals surface area (Å²) in [6.45, 7) is 1.45. The number of nitrogens with zero attached hydrogens (tertiary/aromatic N) is 3. The average Bonchev–Trinajstić information content (AvgIpc) is 3.40. The van der Waals surface area contributed by atoms with Gasteiger partial charge in [0.25, 0.3) is 0 Å². The molecule has 8 nitrogen and oxygen atoms in total. The van der Waals surface area contributed by atoms with Crippen LogP contribution in [0, 0.1) is 0 Å². The first-order chi connectivity index (χ1) is 16.7. The van der Waals surface area contributed by atoms with E-state index in [2.05, 4.69) is 25.0 Å². The second-order valence-electron chi connectivity index (χ2n) is 7.64. The first kappa shape index (κ1) is 22.5. The molecule has 0 aliphatic carbocycles. The molecule has 0 amide bonds. The number of hydrogen-bond acceptors (Lipinski definition) is 10. The smallest absolute Gasteiger partial charge is 0.227 e. The van der Waals surface area contributed by atoms with E-state index in [1.807, 2.05) is 53.9 Å². The lowest BCUT2D eigenvalue weighted by molar-refractivity contribution is 0.0259. The van der Waals surface area contributed by atoms with Crippen LogP contribution in [0.25, 0.3) is 11.3 Å². The van der Waals surface area contributed by atoms with E-state index in [4.69, 9.17) is 15.2 Å². The Morgan fingerprint density at radius 1 is 1.03 bits per heavy atom. The molecule has 10 heteroatoms. The molecule has 1 aliphatic heterocycles. The van der Waals surface area contributed by atoms with E-state index < -0.39 is 0 Å². The van der Waals surface area contributed by atoms with Gasteiger partial charge in [-0.2, -0.15) is 0 Å². The van der Waals surface area contributed by atoms with Gasteiger partial charge in [0.05, 0.1) is 24.6 Å². The number of nitrogen functional groups attached to an aromatic ring is 1. The fourth-order valence-electron chi connectivity index (χ4n) is 3.48. The van der Waals surface area contributed by atoms with Crippen molar-refractivity contribution in [3.05, 3.63) is 66.3 Å². The molecule has 1 fully saturated rings. The van der Waals surface area contributed by atoms with Crippen molar-refractivity contribution < 1.29 is 9.47 Å². The highest BCUT2D eigenvalue weighted by atomic mass is 32.2. The second-order valence-corrected chi connectivity index (χ2v) is 9.41. The number of ether oxygens (including phenoxy) is 2. The summed E-state index contributed by atoms with van der Waals surface area (Å²) < 4.78 is 14.7. The fourth-order valence-corrected chi connectivity index (χ4v) is 4.70. The van der Waals surface area contributed by atoms with Crippen LogP contribution >= 0.6 is 23.3 Å². The van der Waals surface area contributed by atoms with Crippen LogP contribution in [0.15, 0.2) is 71.2 Å². The molecule has 1 saturated heterocycles. The zero-order chi connectivity index (χ0) is 23.2. The highest BCUT2D eigenvalue weighted by molar-refractivity contribution is 8.00. The van der Waals surface area contributed by atoms with Gasteiger partial charge < -0.3 is 25.2 Å². The van der Waals surface area contributed by atoms with Gasteiger partial charge in [0.2, 0.25) is 5.95 Å². The molecular formula is C24H24N6O2S2. The van der Waals surface area contributed by atoms with Gasteiger partial charge in [-0.05, 0) is 60.5 Å². The lowest BCUT2D eigenvalue weighted by atomic mass is 10.1. The Morgan fingerprint density at radius 3 is 2.65 bits per heavy atom. The molecule has 34 heavy (non-hydrogen) atoms. The molecule has 0 unspecified atom stereocenters. The van der Waals surface area contributed by atoms with Gasteiger partial charge in [-0.25, -0.2) is 15.0 Å². The van der Waals surface area contributed by atoms with Crippen LogP contribution < -0.4 is 20.5 Å². The molecule has 5 rings (SSSR count). The van der Waals surface area contributed by atoms with Crippen LogP contribution in [-0.4, -0.2) is 34.3 Å². The van der Waals surface area contributed by atoms with E-state index in [-0.39, 0.29) is 6.10 Å². The first-order valence-electron chi connectivity index (χ1n) is 10.9. The number of nitrogens with two attached hydrogens (primary N) is 1. The van der Waals surface area contributed by atoms with Crippen LogP contribution in [0.2, 0.25) is 0 Å². The minimum Gasteiger partial charge on any atom is -0.488 e. The van der Waals surface area contributed by atoms with E-state index in [1.165, 1.54) is 11.9 Å². The molecule has 0 saturated carbocycles. The van der Waals surface area contributed by atoms with E-state index >= 15 is 0 Å². The molecule has 4 N–H and O–H groups in total. The summed E-state index contributed by atoms with van der Waals surface area (Å²) in [6.07, 6.45) is 5.41. The molecule has 0 radical (unpaired) electrons. The molecule has 4 aromatic rings. The van der Waals surface area contributed by atoms with Crippen LogP contribution in [-0.2, 0) is 4.74 Å². The number of anilines is 4. The third-order valence-corrected chi connectivity index (χ3v) is 6.84. The third kappa shape index (κ3) is 5.77. The molecule has 1 aliphatic rings. The van der Waals surface area contributed by atoms with Crippen molar-refractivity contribution in [2.75, 3.05) is 29.0 Å². The number of rotatable bonds is 8. The predicted molar refractivity (Wildman–Crippen MR) is 138 cm³/mol. The quantitative estimate of drug-likeness (QED) is 0.214. The van der Waals surface area contributed by atoms with Crippen molar-refractivity contribution in [1.29, 1.82) is 0 Å². The zero-order valence-corrected chi connectivity index (χ0v) is 19.9. The van der Waals surface area contributed by atoms with Crippen LogP contribution in [0.1, 0.15) is 12.8 Å². The Balaban J connectivity index is 1.23. The molecule has 0 bridgehead atoms. The van der Waals surface area contributed by atoms with Gasteiger partial charge in [-0.15, -0.1) is 11.3 Å². The van der Waals surface area contributed by atoms with Gasteiger partial charge in [0.1, 0.15) is 11.9 Å². The van der Waals surface area contributed by atoms with Gasteiger partial charge >= 0.3 is 0 Å². The summed E-state index contributed by atoms with van der Waals surface area (Å²) in [5.41, 5.74) is 9.46. The summed E-state index contributed by atoms with van der Waals surface area (Å²) >= 11 is 3.08. The van der Waals surface area contributed by atoms with Crippen LogP contribution in [0.5, 0.6) is 5.75 Å². The Hall–Kier alpha value is -3.34. The minimum atomic E-state index is 0.143. The van der Waals surface area contributed by atoms with Crippen molar-refractivity contribution in [3.63, 3.8) is 0 Å². The van der Waals surface area contributed by atoms with Crippen molar-refractivity contribution in [3.8, 4) is 17.0 Å². The van der Waals surface area contributed by atoms with Gasteiger partial charge in [-0.3, -0.25) is 0 Å². The lowest BCUT2D eigenvalue weighted by Crippen LogP contribution is -2.26. The maximum atomic E-state index is 6.28. The largest absolute Gasteiger partial charge is 0.488 e. The topological polar surface area (TPSA) is 107 Å². The molecule has 2 aromatic carbocycles. The van der Waals surface area contributed by atoms with Crippen molar-refractivity contribution in [1.82, 2.24) is 15.0 Å². The number of hydrogen-bond donors (Lipinski definition) is 3. The number of benzene rings is 2. The van der Waals surface area contributed by atoms with Gasteiger partial charge in [0.15, 0.2) is 5.13 Å². The second kappa shape index (κ2) is 10.7. The van der Waals surface area contributed by atoms with Gasteiger partial charge in [0, 0.05) is 46.8 Å². The van der Waals surface area contributed by atoms with E-state index in [9.17, 15) is 0 Å². The molecule has 0 spiro atoms. The summed E-state index contributed by atoms with van der Waals surface area (Å²) in [4.78, 5) is 14.3. The van der Waals surface area contributed by atoms with Crippen LogP contribution in [0.3, 0.4) is 0 Å². The average molecular weight is 493 g/mol. The number of aromatic nitrogens is 3. The fraction of sp³-hybridized carbons (Fsp3) is 0.208. The summed E-state index contributed by atoms with van der Waals surface area (Å²) in [5.74, 6) is 1.21. The van der Waals surface area contributed by atoms with Crippen molar-refractivity contribution >= 4 is 45.7 Å². The maximum absolute atomic E-state index is 6.28. The number of nitrogens with one attached hydrogen (secondary N) is 2. The number of thiazole rings is 1. The predicted octanol–water partition coefficient (Wildman–Crippen LogP) is 5.60. The third-order valence-electron chi connectivity index (χ3n) is 5.22. The van der Waals surface area contributed by atoms with E-state index in [1.54, 1.807) is 23.7 Å². The zero-order valence-electron chi connectivity index (χ0n) is 18.3. The SMILES string of the molecule is Nc1cc(-c2ccnc(Nc3ccc(SNc4nccs4)cc3)n2)ccc1OC1CCOCC1. The lowest BCUT2D eigenvalue weighted by Gasteiger charge is -2.24. The standard InChI is InChI=1S/C24H24N6O2S2/c25-20-15-16(1-6-22(20)32-18-8-12-31-13-9-18)21-7-10-26-23(29-21)28-17-2-4-19(5-3-17)34-30-24-27-11-14-33-24/h1-7,10-11,14-15,18H,8-9,12-13,25H2,(H,27,30)(H,26,28,29). The molecule has 3 heterocycles. The first-order valence-corrected chi connectivity index (χ1v) is 12.6. The van der Waals surface area contributed by atoms with Crippen molar-refractivity contribution in [2.24, 2.45) is 0 Å². The Kier molecular flexibility index (Phi) is 7.08. The molecule has 174 valence electrons. The Labute approximate surface area is 206 Å². The Morgan fingerprint density at radius 2 is 1.88 bits per heavy atom. The summed E-state index contributed by atoms with van der Waals surface area (Å²) in [7, 11) is 0.